The van der Waals surface area contributed by atoms with Crippen molar-refractivity contribution in [2.24, 2.45) is 0 Å². The highest BCUT2D eigenvalue weighted by Crippen LogP contribution is 2.20. The molecule has 1 unspecified atom stereocenters. The van der Waals surface area contributed by atoms with Crippen molar-refractivity contribution in [3.05, 3.63) is 68.9 Å². The molecule has 0 saturated carbocycles. The molecule has 2 aromatic carbocycles. The predicted octanol–water partition coefficient (Wildman–Crippen LogP) is 4.70. The number of carbonyl (C=O) groups is 1. The summed E-state index contributed by atoms with van der Waals surface area (Å²) in [6.45, 7) is 5.95. The van der Waals surface area contributed by atoms with Crippen molar-refractivity contribution in [3.8, 4) is 0 Å². The van der Waals surface area contributed by atoms with Crippen LogP contribution in [0, 0.1) is 19.7 Å². The van der Waals surface area contributed by atoms with Gasteiger partial charge < -0.3 is 5.32 Å². The monoisotopic (exact) mass is 349 g/mol. The van der Waals surface area contributed by atoms with Gasteiger partial charge in [0.2, 0.25) is 0 Å². The van der Waals surface area contributed by atoms with Gasteiger partial charge in [-0.15, -0.1) is 0 Å². The van der Waals surface area contributed by atoms with E-state index in [9.17, 15) is 9.18 Å². The summed E-state index contributed by atoms with van der Waals surface area (Å²) in [5.41, 5.74) is 3.65. The number of rotatable bonds is 3. The van der Waals surface area contributed by atoms with Gasteiger partial charge in [-0.25, -0.2) is 4.39 Å². The number of aryl methyl sites for hydroxylation is 2. The molecule has 2 nitrogen and oxygen atoms in total. The number of benzene rings is 2. The van der Waals surface area contributed by atoms with Crippen LogP contribution in [0.2, 0.25) is 0 Å². The molecule has 0 aliphatic carbocycles. The van der Waals surface area contributed by atoms with E-state index in [2.05, 4.69) is 27.3 Å². The fourth-order valence-corrected chi connectivity index (χ4v) is 2.47. The first-order valence-corrected chi connectivity index (χ1v) is 7.51. The van der Waals surface area contributed by atoms with Gasteiger partial charge in [0, 0.05) is 5.56 Å². The number of hydrogen-bond donors (Lipinski definition) is 1. The highest BCUT2D eigenvalue weighted by molar-refractivity contribution is 9.10. The molecule has 2 aromatic rings. The predicted molar refractivity (Wildman–Crippen MR) is 85.9 cm³/mol. The second-order valence-corrected chi connectivity index (χ2v) is 6.04. The number of amides is 1. The molecule has 0 fully saturated rings. The number of nitrogens with one attached hydrogen (secondary N) is 1. The van der Waals surface area contributed by atoms with Gasteiger partial charge in [0.25, 0.3) is 5.91 Å². The Balaban J connectivity index is 2.18. The molecule has 0 aromatic heterocycles. The van der Waals surface area contributed by atoms with Gasteiger partial charge >= 0.3 is 0 Å². The fraction of sp³-hybridized carbons (Fsp3) is 0.235. The Morgan fingerprint density at radius 1 is 1.19 bits per heavy atom. The highest BCUT2D eigenvalue weighted by atomic mass is 79.9. The van der Waals surface area contributed by atoms with E-state index in [-0.39, 0.29) is 11.9 Å². The molecule has 0 aliphatic rings. The Morgan fingerprint density at radius 2 is 1.90 bits per heavy atom. The summed E-state index contributed by atoms with van der Waals surface area (Å²) in [6, 6.07) is 10.4. The van der Waals surface area contributed by atoms with Crippen LogP contribution in [0.5, 0.6) is 0 Å². The zero-order chi connectivity index (χ0) is 15.6. The molecule has 0 aliphatic heterocycles. The number of halogens is 2. The maximum absolute atomic E-state index is 13.5. The van der Waals surface area contributed by atoms with E-state index in [1.54, 1.807) is 6.07 Å². The normalized spacial score (nSPS) is 12.0. The summed E-state index contributed by atoms with van der Waals surface area (Å²) in [4.78, 5) is 12.2. The summed E-state index contributed by atoms with van der Waals surface area (Å²) in [7, 11) is 0. The summed E-state index contributed by atoms with van der Waals surface area (Å²) >= 11 is 3.08. The highest BCUT2D eigenvalue weighted by Gasteiger charge is 2.14. The Labute approximate surface area is 132 Å². The largest absolute Gasteiger partial charge is 0.346 e. The standard InChI is InChI=1S/C17H17BrFNO/c1-10-4-5-11(2)14(8-10)12(3)20-17(21)13-6-7-15(18)16(19)9-13/h4-9,12H,1-3H3,(H,20,21). The summed E-state index contributed by atoms with van der Waals surface area (Å²) in [5.74, 6) is -0.725. The maximum atomic E-state index is 13.5. The Kier molecular flexibility index (Phi) is 4.78. The summed E-state index contributed by atoms with van der Waals surface area (Å²) < 4.78 is 13.8. The molecule has 0 bridgehead atoms. The SMILES string of the molecule is Cc1ccc(C)c(C(C)NC(=O)c2ccc(Br)c(F)c2)c1. The van der Waals surface area contributed by atoms with Crippen LogP contribution in [0.1, 0.15) is 40.0 Å². The molecule has 1 atom stereocenters. The third-order valence-electron chi connectivity index (χ3n) is 3.43. The molecule has 21 heavy (non-hydrogen) atoms. The zero-order valence-corrected chi connectivity index (χ0v) is 13.8. The van der Waals surface area contributed by atoms with Crippen molar-refractivity contribution >= 4 is 21.8 Å². The van der Waals surface area contributed by atoms with Crippen molar-refractivity contribution in [1.29, 1.82) is 0 Å². The van der Waals surface area contributed by atoms with Crippen molar-refractivity contribution in [2.45, 2.75) is 26.8 Å². The van der Waals surface area contributed by atoms with Crippen LogP contribution in [0.3, 0.4) is 0 Å². The van der Waals surface area contributed by atoms with Crippen LogP contribution >= 0.6 is 15.9 Å². The molecule has 1 N–H and O–H groups in total. The van der Waals surface area contributed by atoms with E-state index in [1.807, 2.05) is 32.9 Å². The molecule has 4 heteroatoms. The quantitative estimate of drug-likeness (QED) is 0.855. The van der Waals surface area contributed by atoms with Gasteiger partial charge in [0.15, 0.2) is 0 Å². The van der Waals surface area contributed by atoms with E-state index in [1.165, 1.54) is 12.1 Å². The van der Waals surface area contributed by atoms with Crippen LogP contribution in [-0.2, 0) is 0 Å². The van der Waals surface area contributed by atoms with E-state index in [4.69, 9.17) is 0 Å². The van der Waals surface area contributed by atoms with Gasteiger partial charge in [-0.2, -0.15) is 0 Å². The first kappa shape index (κ1) is 15.7. The average Bonchev–Trinajstić information content (AvgIpc) is 2.44. The number of hydrogen-bond acceptors (Lipinski definition) is 1. The van der Waals surface area contributed by atoms with Crippen molar-refractivity contribution in [3.63, 3.8) is 0 Å². The van der Waals surface area contributed by atoms with Crippen molar-refractivity contribution < 1.29 is 9.18 Å². The van der Waals surface area contributed by atoms with Crippen LogP contribution in [0.15, 0.2) is 40.9 Å². The molecule has 0 radical (unpaired) electrons. The molecule has 110 valence electrons. The molecule has 0 heterocycles. The Bertz CT molecular complexity index is 684. The minimum absolute atomic E-state index is 0.135. The van der Waals surface area contributed by atoms with Gasteiger partial charge in [-0.1, -0.05) is 23.8 Å². The molecule has 1 amide bonds. The van der Waals surface area contributed by atoms with Gasteiger partial charge in [-0.05, 0) is 66.0 Å². The first-order valence-electron chi connectivity index (χ1n) is 6.71. The van der Waals surface area contributed by atoms with Crippen LogP contribution in [0.25, 0.3) is 0 Å². The Hall–Kier alpha value is -1.68. The zero-order valence-electron chi connectivity index (χ0n) is 12.2. The van der Waals surface area contributed by atoms with Crippen LogP contribution < -0.4 is 5.32 Å². The lowest BCUT2D eigenvalue weighted by Gasteiger charge is -2.17. The minimum Gasteiger partial charge on any atom is -0.346 e. The second kappa shape index (κ2) is 6.39. The van der Waals surface area contributed by atoms with E-state index in [0.29, 0.717) is 10.0 Å². The van der Waals surface area contributed by atoms with Gasteiger partial charge in [-0.3, -0.25) is 4.79 Å². The molecular weight excluding hydrogens is 333 g/mol. The van der Waals surface area contributed by atoms with E-state index in [0.717, 1.165) is 16.7 Å². The summed E-state index contributed by atoms with van der Waals surface area (Å²) in [5, 5.41) is 2.91. The molecule has 2 rings (SSSR count). The van der Waals surface area contributed by atoms with E-state index < -0.39 is 5.82 Å². The average molecular weight is 350 g/mol. The summed E-state index contributed by atoms with van der Waals surface area (Å²) in [6.07, 6.45) is 0. The topological polar surface area (TPSA) is 29.1 Å². The third-order valence-corrected chi connectivity index (χ3v) is 4.07. The molecule has 0 spiro atoms. The van der Waals surface area contributed by atoms with Gasteiger partial charge in [0.1, 0.15) is 5.82 Å². The van der Waals surface area contributed by atoms with Crippen LogP contribution in [0.4, 0.5) is 4.39 Å². The van der Waals surface area contributed by atoms with Gasteiger partial charge in [0.05, 0.1) is 10.5 Å². The van der Waals surface area contributed by atoms with Crippen molar-refractivity contribution in [1.82, 2.24) is 5.32 Å². The van der Waals surface area contributed by atoms with Crippen LogP contribution in [-0.4, -0.2) is 5.91 Å². The maximum Gasteiger partial charge on any atom is 0.251 e. The lowest BCUT2D eigenvalue weighted by molar-refractivity contribution is 0.0939. The molecular formula is C17H17BrFNO. The molecule has 0 saturated heterocycles. The minimum atomic E-state index is -0.443. The van der Waals surface area contributed by atoms with Crippen molar-refractivity contribution in [2.75, 3.05) is 0 Å². The second-order valence-electron chi connectivity index (χ2n) is 5.18. The smallest absolute Gasteiger partial charge is 0.251 e. The van der Waals surface area contributed by atoms with E-state index >= 15 is 0 Å². The third kappa shape index (κ3) is 3.70. The first-order chi connectivity index (χ1) is 9.88. The number of carbonyl (C=O) groups excluding carboxylic acids is 1. The Morgan fingerprint density at radius 3 is 2.57 bits per heavy atom. The fourth-order valence-electron chi connectivity index (χ4n) is 2.22. The lowest BCUT2D eigenvalue weighted by atomic mass is 10.00. The lowest BCUT2D eigenvalue weighted by Crippen LogP contribution is -2.27.